The molecule has 0 aliphatic rings. The molecule has 0 fully saturated rings. The van der Waals surface area contributed by atoms with E-state index < -0.39 is 6.10 Å². The van der Waals surface area contributed by atoms with Gasteiger partial charge in [-0.25, -0.2) is 0 Å². The zero-order chi connectivity index (χ0) is 4.99. The van der Waals surface area contributed by atoms with E-state index >= 15 is 0 Å². The Kier molecular flexibility index (Phi) is 3.29. The average Bonchev–Trinajstić information content (AvgIpc) is 1.35. The first kappa shape index (κ1) is 6.06. The van der Waals surface area contributed by atoms with Gasteiger partial charge in [-0.1, -0.05) is 4.57 Å². The van der Waals surface area contributed by atoms with E-state index in [1.807, 2.05) is 0 Å². The first-order chi connectivity index (χ1) is 2.77. The van der Waals surface area contributed by atoms with Crippen LogP contribution in [0.5, 0.6) is 0 Å². The highest BCUT2D eigenvalue weighted by atomic mass is 31.1. The molecule has 0 saturated heterocycles. The van der Waals surface area contributed by atoms with Gasteiger partial charge in [0.25, 0.3) is 0 Å². The Bertz CT molecular complexity index is 44.1. The van der Waals surface area contributed by atoms with E-state index in [9.17, 15) is 4.57 Å². The quantitative estimate of drug-likeness (QED) is 0.518. The van der Waals surface area contributed by atoms with E-state index in [4.69, 9.17) is 5.11 Å². The van der Waals surface area contributed by atoms with E-state index in [0.29, 0.717) is 6.16 Å². The zero-order valence-corrected chi connectivity index (χ0v) is 4.64. The smallest absolute Gasteiger partial charge is 0.327 e. The summed E-state index contributed by atoms with van der Waals surface area (Å²) in [6.45, 7) is 1.62. The van der Waals surface area contributed by atoms with Crippen molar-refractivity contribution in [1.82, 2.24) is 0 Å². The van der Waals surface area contributed by atoms with Crippen LogP contribution >= 0.6 is 8.46 Å². The molecule has 0 heterocycles. The second kappa shape index (κ2) is 3.26. The average molecular weight is 107 g/mol. The van der Waals surface area contributed by atoms with Gasteiger partial charge in [0.05, 0.1) is 6.10 Å². The van der Waals surface area contributed by atoms with E-state index in [-0.39, 0.29) is 8.46 Å². The zero-order valence-electron chi connectivity index (χ0n) is 3.64. The Labute approximate surface area is 38.4 Å². The fraction of sp³-hybridized carbons (Fsp3) is 1.00. The normalized spacial score (nSPS) is 15.0. The predicted octanol–water partition coefficient (Wildman–Crippen LogP) is 0.391. The Hall–Kier alpha value is 0.0600. The van der Waals surface area contributed by atoms with Gasteiger partial charge < -0.3 is 5.11 Å². The van der Waals surface area contributed by atoms with Gasteiger partial charge in [-0.2, -0.15) is 0 Å². The molecule has 0 saturated carbocycles. The van der Waals surface area contributed by atoms with Crippen LogP contribution in [0.4, 0.5) is 0 Å². The van der Waals surface area contributed by atoms with Gasteiger partial charge in [0.15, 0.2) is 6.16 Å². The summed E-state index contributed by atoms with van der Waals surface area (Å²) in [6.07, 6.45) is 0.000772. The summed E-state index contributed by atoms with van der Waals surface area (Å²) < 4.78 is 9.61. The predicted molar refractivity (Wildman–Crippen MR) is 25.5 cm³/mol. The lowest BCUT2D eigenvalue weighted by molar-refractivity contribution is 0.219. The van der Waals surface area contributed by atoms with Gasteiger partial charge in [0, 0.05) is 0 Å². The number of rotatable bonds is 2. The molecule has 2 atom stereocenters. The minimum Gasteiger partial charge on any atom is -0.389 e. The Morgan fingerprint density at radius 1 is 2.00 bits per heavy atom. The molecule has 0 rings (SSSR count). The maximum absolute atomic E-state index is 9.61. The van der Waals surface area contributed by atoms with E-state index in [0.717, 1.165) is 0 Å². The van der Waals surface area contributed by atoms with Gasteiger partial charge >= 0.3 is 8.46 Å². The SMILES string of the molecule is CC(O)C[PH+]=O. The highest BCUT2D eigenvalue weighted by Crippen LogP contribution is 1.92. The first-order valence-electron chi connectivity index (χ1n) is 1.80. The van der Waals surface area contributed by atoms with Crippen LogP contribution in [0.15, 0.2) is 0 Å². The topological polar surface area (TPSA) is 37.3 Å². The summed E-state index contributed by atoms with van der Waals surface area (Å²) >= 11 is 0. The third kappa shape index (κ3) is 4.06. The number of hydrogen-bond acceptors (Lipinski definition) is 2. The van der Waals surface area contributed by atoms with Crippen molar-refractivity contribution in [3.05, 3.63) is 0 Å². The van der Waals surface area contributed by atoms with E-state index in [1.165, 1.54) is 0 Å². The third-order valence-corrected chi connectivity index (χ3v) is 1.14. The fourth-order valence-corrected chi connectivity index (χ4v) is 0.362. The second-order valence-electron chi connectivity index (χ2n) is 1.20. The summed E-state index contributed by atoms with van der Waals surface area (Å²) in [7, 11) is -0.362. The van der Waals surface area contributed by atoms with Crippen molar-refractivity contribution in [2.24, 2.45) is 0 Å². The molecular formula is C3H8O2P+. The first-order valence-corrected chi connectivity index (χ1v) is 2.92. The number of hydrogen-bond donors (Lipinski definition) is 1. The maximum Gasteiger partial charge on any atom is 0.327 e. The fourth-order valence-electron chi connectivity index (χ4n) is 0.121. The standard InChI is InChI=1S/C3H7O2P/c1-3(4)2-6-5/h3-4H,2H2,1H3/p+1. The van der Waals surface area contributed by atoms with Crippen molar-refractivity contribution in [3.8, 4) is 0 Å². The Balaban J connectivity index is 2.81. The van der Waals surface area contributed by atoms with Crippen LogP contribution in [0.3, 0.4) is 0 Å². The molecule has 0 aliphatic heterocycles. The minimum absolute atomic E-state index is 0.362. The number of aliphatic hydroxyl groups is 1. The lowest BCUT2D eigenvalue weighted by Crippen LogP contribution is -1.98. The van der Waals surface area contributed by atoms with Crippen molar-refractivity contribution in [2.75, 3.05) is 6.16 Å². The summed E-state index contributed by atoms with van der Waals surface area (Å²) in [6, 6.07) is 0. The lowest BCUT2D eigenvalue weighted by atomic mass is 10.5. The van der Waals surface area contributed by atoms with Gasteiger partial charge in [-0.15, -0.1) is 0 Å². The Morgan fingerprint density at radius 3 is 2.50 bits per heavy atom. The van der Waals surface area contributed by atoms with Crippen molar-refractivity contribution < 1.29 is 9.67 Å². The highest BCUT2D eigenvalue weighted by molar-refractivity contribution is 7.23. The lowest BCUT2D eigenvalue weighted by Gasteiger charge is -1.83. The maximum atomic E-state index is 9.61. The second-order valence-corrected chi connectivity index (χ2v) is 1.89. The molecule has 0 spiro atoms. The summed E-state index contributed by atoms with van der Waals surface area (Å²) in [5.74, 6) is 0. The minimum atomic E-state index is -0.402. The molecule has 2 unspecified atom stereocenters. The van der Waals surface area contributed by atoms with Crippen LogP contribution in [0.2, 0.25) is 0 Å². The van der Waals surface area contributed by atoms with Gasteiger partial charge in [0.1, 0.15) is 0 Å². The summed E-state index contributed by atoms with van der Waals surface area (Å²) in [5.41, 5.74) is 0. The Morgan fingerprint density at radius 2 is 2.50 bits per heavy atom. The van der Waals surface area contributed by atoms with E-state index in [2.05, 4.69) is 0 Å². The molecule has 1 N–H and O–H groups in total. The summed E-state index contributed by atoms with van der Waals surface area (Å²) in [5, 5.41) is 8.36. The van der Waals surface area contributed by atoms with Gasteiger partial charge in [-0.05, 0) is 6.92 Å². The van der Waals surface area contributed by atoms with Crippen molar-refractivity contribution in [2.45, 2.75) is 13.0 Å². The molecule has 0 aromatic carbocycles. The third-order valence-electron chi connectivity index (χ3n) is 0.379. The highest BCUT2D eigenvalue weighted by Gasteiger charge is 1.96. The molecule has 0 aliphatic carbocycles. The molecule has 6 heavy (non-hydrogen) atoms. The summed E-state index contributed by atoms with van der Waals surface area (Å²) in [4.78, 5) is 0. The monoisotopic (exact) mass is 107 g/mol. The van der Waals surface area contributed by atoms with Crippen molar-refractivity contribution in [1.29, 1.82) is 0 Å². The van der Waals surface area contributed by atoms with Crippen LogP contribution in [0, 0.1) is 0 Å². The van der Waals surface area contributed by atoms with Gasteiger partial charge in [0.2, 0.25) is 0 Å². The van der Waals surface area contributed by atoms with Crippen molar-refractivity contribution >= 4 is 8.46 Å². The molecule has 0 bridgehead atoms. The van der Waals surface area contributed by atoms with E-state index in [1.54, 1.807) is 6.92 Å². The number of aliphatic hydroxyl groups excluding tert-OH is 1. The van der Waals surface area contributed by atoms with Crippen LogP contribution in [0.25, 0.3) is 0 Å². The van der Waals surface area contributed by atoms with Gasteiger partial charge in [-0.3, -0.25) is 0 Å². The molecule has 0 aromatic rings. The molecule has 0 aromatic heterocycles. The van der Waals surface area contributed by atoms with Crippen LogP contribution in [0.1, 0.15) is 6.92 Å². The molecule has 0 amide bonds. The van der Waals surface area contributed by atoms with Crippen LogP contribution < -0.4 is 0 Å². The molecular weight excluding hydrogens is 99.0 g/mol. The largest absolute Gasteiger partial charge is 0.389 e. The molecule has 36 valence electrons. The molecule has 3 heteroatoms. The molecule has 2 nitrogen and oxygen atoms in total. The van der Waals surface area contributed by atoms with Crippen molar-refractivity contribution in [3.63, 3.8) is 0 Å². The molecule has 0 radical (unpaired) electrons. The van der Waals surface area contributed by atoms with Crippen LogP contribution in [-0.2, 0) is 4.57 Å². The van der Waals surface area contributed by atoms with Crippen LogP contribution in [-0.4, -0.2) is 17.4 Å².